The Morgan fingerprint density at radius 3 is 2.67 bits per heavy atom. The van der Waals surface area contributed by atoms with Crippen molar-refractivity contribution in [3.8, 4) is 5.88 Å². The van der Waals surface area contributed by atoms with E-state index in [0.29, 0.717) is 17.3 Å². The van der Waals surface area contributed by atoms with E-state index in [1.165, 1.54) is 6.07 Å². The average molecular weight is 289 g/mol. The summed E-state index contributed by atoms with van der Waals surface area (Å²) in [4.78, 5) is 8.78. The van der Waals surface area contributed by atoms with Gasteiger partial charge in [-0.05, 0) is 13.0 Å². The predicted octanol–water partition coefficient (Wildman–Crippen LogP) is 3.75. The molecule has 0 spiro atoms. The normalized spacial score (nSPS) is 10.7. The lowest BCUT2D eigenvalue weighted by atomic mass is 10.2. The lowest BCUT2D eigenvalue weighted by molar-refractivity contribution is 0.286. The molecule has 0 aliphatic rings. The van der Waals surface area contributed by atoms with Crippen LogP contribution in [0.5, 0.6) is 5.88 Å². The van der Waals surface area contributed by atoms with E-state index in [-0.39, 0.29) is 18.3 Å². The third-order valence-corrected chi connectivity index (χ3v) is 2.93. The van der Waals surface area contributed by atoms with Crippen LogP contribution >= 0.6 is 0 Å². The molecule has 0 saturated heterocycles. The van der Waals surface area contributed by atoms with Crippen LogP contribution < -0.4 is 10.1 Å². The summed E-state index contributed by atoms with van der Waals surface area (Å²) in [6.45, 7) is 6.95. The summed E-state index contributed by atoms with van der Waals surface area (Å²) in [5.41, 5.74) is 0.507. The summed E-state index contributed by atoms with van der Waals surface area (Å²) < 4.78 is 19.2. The summed E-state index contributed by atoms with van der Waals surface area (Å²) in [6, 6.07) is 8.29. The highest BCUT2D eigenvalue weighted by molar-refractivity contribution is 5.38. The number of ether oxygens (including phenoxy) is 1. The van der Waals surface area contributed by atoms with Gasteiger partial charge in [0.05, 0.1) is 0 Å². The van der Waals surface area contributed by atoms with Crippen LogP contribution in [0.15, 0.2) is 30.3 Å². The van der Waals surface area contributed by atoms with Crippen molar-refractivity contribution in [2.45, 2.75) is 33.3 Å². The number of benzene rings is 1. The van der Waals surface area contributed by atoms with Crippen molar-refractivity contribution >= 4 is 5.82 Å². The fourth-order valence-electron chi connectivity index (χ4n) is 1.81. The molecule has 0 bridgehead atoms. The minimum Gasteiger partial charge on any atom is -0.473 e. The number of nitrogens with zero attached hydrogens (tertiary/aromatic N) is 2. The SMILES string of the molecule is CCNc1cc(OCc2ccccc2F)nc(C(C)C)n1. The van der Waals surface area contributed by atoms with Crippen LogP contribution in [0.25, 0.3) is 0 Å². The molecule has 1 aromatic heterocycles. The molecule has 0 saturated carbocycles. The molecular weight excluding hydrogens is 269 g/mol. The topological polar surface area (TPSA) is 47.0 Å². The first kappa shape index (κ1) is 15.2. The van der Waals surface area contributed by atoms with Gasteiger partial charge in [0.15, 0.2) is 0 Å². The number of halogens is 1. The van der Waals surface area contributed by atoms with E-state index < -0.39 is 0 Å². The van der Waals surface area contributed by atoms with E-state index >= 15 is 0 Å². The van der Waals surface area contributed by atoms with Crippen LogP contribution in [0, 0.1) is 5.82 Å². The highest BCUT2D eigenvalue weighted by atomic mass is 19.1. The number of nitrogens with one attached hydrogen (secondary N) is 1. The molecule has 5 heteroatoms. The maximum atomic E-state index is 13.6. The lowest BCUT2D eigenvalue weighted by Gasteiger charge is -2.12. The van der Waals surface area contributed by atoms with Gasteiger partial charge in [-0.3, -0.25) is 0 Å². The van der Waals surface area contributed by atoms with Crippen molar-refractivity contribution in [1.82, 2.24) is 9.97 Å². The molecule has 4 nitrogen and oxygen atoms in total. The van der Waals surface area contributed by atoms with Crippen LogP contribution in [-0.4, -0.2) is 16.5 Å². The van der Waals surface area contributed by atoms with Gasteiger partial charge in [-0.25, -0.2) is 9.37 Å². The van der Waals surface area contributed by atoms with Crippen molar-refractivity contribution in [3.63, 3.8) is 0 Å². The minimum absolute atomic E-state index is 0.146. The Kier molecular flexibility index (Phi) is 5.09. The maximum absolute atomic E-state index is 13.6. The Labute approximate surface area is 124 Å². The minimum atomic E-state index is -0.275. The van der Waals surface area contributed by atoms with Gasteiger partial charge in [0.1, 0.15) is 24.1 Å². The lowest BCUT2D eigenvalue weighted by Crippen LogP contribution is -2.07. The molecule has 2 rings (SSSR count). The Balaban J connectivity index is 2.17. The van der Waals surface area contributed by atoms with Crippen LogP contribution in [0.2, 0.25) is 0 Å². The Morgan fingerprint density at radius 2 is 2.00 bits per heavy atom. The van der Waals surface area contributed by atoms with Crippen molar-refractivity contribution in [3.05, 3.63) is 47.5 Å². The van der Waals surface area contributed by atoms with Gasteiger partial charge in [-0.2, -0.15) is 4.98 Å². The molecule has 0 fully saturated rings. The van der Waals surface area contributed by atoms with Crippen LogP contribution in [0.4, 0.5) is 10.2 Å². The molecule has 0 aliphatic carbocycles. The summed E-state index contributed by atoms with van der Waals surface area (Å²) in [5, 5.41) is 3.15. The standard InChI is InChI=1S/C16H20FN3O/c1-4-18-14-9-15(20-16(19-14)11(2)3)21-10-12-7-5-6-8-13(12)17/h5-9,11H,4,10H2,1-3H3,(H,18,19,20). The van der Waals surface area contributed by atoms with Gasteiger partial charge in [0.25, 0.3) is 0 Å². The van der Waals surface area contributed by atoms with Gasteiger partial charge in [-0.1, -0.05) is 32.0 Å². The van der Waals surface area contributed by atoms with Crippen LogP contribution in [0.3, 0.4) is 0 Å². The second-order valence-electron chi connectivity index (χ2n) is 5.01. The first-order valence-corrected chi connectivity index (χ1v) is 7.09. The van der Waals surface area contributed by atoms with Gasteiger partial charge in [-0.15, -0.1) is 0 Å². The predicted molar refractivity (Wildman–Crippen MR) is 81.0 cm³/mol. The molecule has 21 heavy (non-hydrogen) atoms. The summed E-state index contributed by atoms with van der Waals surface area (Å²) in [5.74, 6) is 1.80. The first-order chi connectivity index (χ1) is 10.1. The van der Waals surface area contributed by atoms with E-state index in [4.69, 9.17) is 4.74 Å². The van der Waals surface area contributed by atoms with E-state index in [2.05, 4.69) is 15.3 Å². The number of rotatable bonds is 6. The largest absolute Gasteiger partial charge is 0.473 e. The van der Waals surface area contributed by atoms with Crippen molar-refractivity contribution in [2.75, 3.05) is 11.9 Å². The quantitative estimate of drug-likeness (QED) is 0.879. The van der Waals surface area contributed by atoms with E-state index in [0.717, 1.165) is 12.4 Å². The third-order valence-electron chi connectivity index (χ3n) is 2.93. The number of hydrogen-bond acceptors (Lipinski definition) is 4. The molecule has 0 radical (unpaired) electrons. The van der Waals surface area contributed by atoms with Crippen molar-refractivity contribution < 1.29 is 9.13 Å². The smallest absolute Gasteiger partial charge is 0.219 e. The van der Waals surface area contributed by atoms with E-state index in [1.54, 1.807) is 24.3 Å². The summed E-state index contributed by atoms with van der Waals surface area (Å²) in [6.07, 6.45) is 0. The summed E-state index contributed by atoms with van der Waals surface area (Å²) in [7, 11) is 0. The van der Waals surface area contributed by atoms with Crippen LogP contribution in [-0.2, 0) is 6.61 Å². The maximum Gasteiger partial charge on any atom is 0.219 e. The molecule has 2 aromatic rings. The second kappa shape index (κ2) is 7.02. The van der Waals surface area contributed by atoms with Crippen molar-refractivity contribution in [2.24, 2.45) is 0 Å². The fourth-order valence-corrected chi connectivity index (χ4v) is 1.81. The van der Waals surface area contributed by atoms with Crippen LogP contribution in [0.1, 0.15) is 38.1 Å². The second-order valence-corrected chi connectivity index (χ2v) is 5.01. The molecule has 1 heterocycles. The molecule has 1 N–H and O–H groups in total. The Hall–Kier alpha value is -2.17. The third kappa shape index (κ3) is 4.15. The number of anilines is 1. The number of hydrogen-bond donors (Lipinski definition) is 1. The zero-order valence-corrected chi connectivity index (χ0v) is 12.6. The summed E-state index contributed by atoms with van der Waals surface area (Å²) >= 11 is 0. The highest BCUT2D eigenvalue weighted by Gasteiger charge is 2.09. The first-order valence-electron chi connectivity index (χ1n) is 7.09. The van der Waals surface area contributed by atoms with Gasteiger partial charge in [0.2, 0.25) is 5.88 Å². The Morgan fingerprint density at radius 1 is 1.24 bits per heavy atom. The van der Waals surface area contributed by atoms with Crippen molar-refractivity contribution in [1.29, 1.82) is 0 Å². The molecule has 0 amide bonds. The number of aromatic nitrogens is 2. The molecule has 0 atom stereocenters. The molecule has 0 aliphatic heterocycles. The zero-order valence-electron chi connectivity index (χ0n) is 12.6. The van der Waals surface area contributed by atoms with E-state index in [9.17, 15) is 4.39 Å². The highest BCUT2D eigenvalue weighted by Crippen LogP contribution is 2.20. The van der Waals surface area contributed by atoms with Gasteiger partial charge < -0.3 is 10.1 Å². The fraction of sp³-hybridized carbons (Fsp3) is 0.375. The zero-order chi connectivity index (χ0) is 15.2. The van der Waals surface area contributed by atoms with Gasteiger partial charge >= 0.3 is 0 Å². The molecular formula is C16H20FN3O. The van der Waals surface area contributed by atoms with E-state index in [1.807, 2.05) is 20.8 Å². The average Bonchev–Trinajstić information content (AvgIpc) is 2.46. The monoisotopic (exact) mass is 289 g/mol. The Bertz CT molecular complexity index is 602. The molecule has 1 aromatic carbocycles. The molecule has 0 unspecified atom stereocenters. The van der Waals surface area contributed by atoms with Gasteiger partial charge in [0, 0.05) is 24.1 Å². The molecule has 112 valence electrons.